The second kappa shape index (κ2) is 5.19. The number of aliphatic hydroxyl groups is 1. The molecule has 17 heavy (non-hydrogen) atoms. The zero-order valence-electron chi connectivity index (χ0n) is 9.69. The van der Waals surface area contributed by atoms with Crippen LogP contribution < -0.4 is 5.32 Å². The van der Waals surface area contributed by atoms with E-state index in [0.717, 1.165) is 19.3 Å². The summed E-state index contributed by atoms with van der Waals surface area (Å²) in [5, 5.41) is 11.8. The Morgan fingerprint density at radius 1 is 1.59 bits per heavy atom. The monoisotopic (exact) mass is 235 g/mol. The van der Waals surface area contributed by atoms with E-state index in [9.17, 15) is 4.79 Å². The number of carbonyl (C=O) groups is 1. The molecule has 1 saturated carbocycles. The lowest BCUT2D eigenvalue weighted by molar-refractivity contribution is -0.116. The largest absolute Gasteiger partial charge is 0.465 e. The highest BCUT2D eigenvalue weighted by Gasteiger charge is 2.41. The van der Waals surface area contributed by atoms with Crippen LogP contribution in [-0.2, 0) is 4.79 Å². The van der Waals surface area contributed by atoms with E-state index in [-0.39, 0.29) is 17.9 Å². The Morgan fingerprint density at radius 2 is 2.41 bits per heavy atom. The molecule has 2 N–H and O–H groups in total. The third-order valence-electron chi connectivity index (χ3n) is 3.18. The average Bonchev–Trinajstić information content (AvgIpc) is 2.90. The van der Waals surface area contributed by atoms with Crippen molar-refractivity contribution in [2.45, 2.75) is 19.3 Å². The molecule has 0 aliphatic heterocycles. The average molecular weight is 235 g/mol. The molecule has 1 aliphatic carbocycles. The van der Waals surface area contributed by atoms with Gasteiger partial charge in [-0.15, -0.1) is 0 Å². The zero-order chi connectivity index (χ0) is 12.1. The van der Waals surface area contributed by atoms with Crippen molar-refractivity contribution < 1.29 is 14.3 Å². The number of rotatable bonds is 6. The third-order valence-corrected chi connectivity index (χ3v) is 3.18. The van der Waals surface area contributed by atoms with E-state index in [1.807, 2.05) is 0 Å². The predicted molar refractivity (Wildman–Crippen MR) is 64.1 cm³/mol. The molecule has 0 aromatic carbocycles. The minimum atomic E-state index is -0.120. The molecule has 4 heteroatoms. The summed E-state index contributed by atoms with van der Waals surface area (Å²) in [6.45, 7) is 0.840. The predicted octanol–water partition coefficient (Wildman–Crippen LogP) is 1.57. The molecule has 0 atom stereocenters. The van der Waals surface area contributed by atoms with Crippen molar-refractivity contribution in [3.05, 3.63) is 30.2 Å². The van der Waals surface area contributed by atoms with E-state index in [1.165, 1.54) is 6.08 Å². The molecule has 0 unspecified atom stereocenters. The summed E-state index contributed by atoms with van der Waals surface area (Å²) in [4.78, 5) is 11.5. The first kappa shape index (κ1) is 11.9. The molecule has 2 rings (SSSR count). The van der Waals surface area contributed by atoms with Crippen LogP contribution in [0.25, 0.3) is 6.08 Å². The number of furan rings is 1. The van der Waals surface area contributed by atoms with Crippen LogP contribution in [-0.4, -0.2) is 24.2 Å². The summed E-state index contributed by atoms with van der Waals surface area (Å²) in [7, 11) is 0. The van der Waals surface area contributed by atoms with Crippen molar-refractivity contribution in [3.8, 4) is 0 Å². The molecule has 92 valence electrons. The quantitative estimate of drug-likeness (QED) is 0.736. The Hall–Kier alpha value is -1.55. The smallest absolute Gasteiger partial charge is 0.244 e. The highest BCUT2D eigenvalue weighted by Crippen LogP contribution is 2.47. The van der Waals surface area contributed by atoms with E-state index in [4.69, 9.17) is 9.52 Å². The summed E-state index contributed by atoms with van der Waals surface area (Å²) in [6, 6.07) is 3.57. The molecule has 4 nitrogen and oxygen atoms in total. The van der Waals surface area contributed by atoms with Gasteiger partial charge in [0.1, 0.15) is 5.76 Å². The van der Waals surface area contributed by atoms with Crippen LogP contribution in [0.4, 0.5) is 0 Å². The topological polar surface area (TPSA) is 62.5 Å². The highest BCUT2D eigenvalue weighted by molar-refractivity contribution is 5.91. The van der Waals surface area contributed by atoms with E-state index >= 15 is 0 Å². The molecule has 1 heterocycles. The van der Waals surface area contributed by atoms with Crippen molar-refractivity contribution in [2.75, 3.05) is 13.2 Å². The summed E-state index contributed by atoms with van der Waals surface area (Å²) in [5.74, 6) is 0.544. The van der Waals surface area contributed by atoms with Gasteiger partial charge in [0.2, 0.25) is 5.91 Å². The maximum atomic E-state index is 11.5. The molecule has 0 saturated heterocycles. The van der Waals surface area contributed by atoms with E-state index in [2.05, 4.69) is 5.32 Å². The summed E-state index contributed by atoms with van der Waals surface area (Å²) >= 11 is 0. The van der Waals surface area contributed by atoms with E-state index in [1.54, 1.807) is 24.5 Å². The zero-order valence-corrected chi connectivity index (χ0v) is 9.69. The van der Waals surface area contributed by atoms with Gasteiger partial charge in [0.15, 0.2) is 0 Å². The molecule has 0 radical (unpaired) electrons. The lowest BCUT2D eigenvalue weighted by atomic mass is 10.0. The second-order valence-electron chi connectivity index (χ2n) is 4.54. The van der Waals surface area contributed by atoms with E-state index < -0.39 is 0 Å². The van der Waals surface area contributed by atoms with Gasteiger partial charge in [-0.3, -0.25) is 4.79 Å². The van der Waals surface area contributed by atoms with Gasteiger partial charge in [0.25, 0.3) is 0 Å². The van der Waals surface area contributed by atoms with Crippen LogP contribution in [0.15, 0.2) is 28.9 Å². The van der Waals surface area contributed by atoms with Crippen molar-refractivity contribution in [3.63, 3.8) is 0 Å². The van der Waals surface area contributed by atoms with Crippen LogP contribution in [0.2, 0.25) is 0 Å². The summed E-state index contributed by atoms with van der Waals surface area (Å²) in [6.07, 6.45) is 7.63. The Morgan fingerprint density at radius 3 is 3.00 bits per heavy atom. The standard InChI is InChI=1S/C13H17NO3/c15-8-7-13(5-6-13)10-14-12(16)4-3-11-2-1-9-17-11/h1-4,9,15H,5-8,10H2,(H,14,16)/b4-3+. The van der Waals surface area contributed by atoms with Gasteiger partial charge in [0, 0.05) is 19.2 Å². The van der Waals surface area contributed by atoms with Crippen molar-refractivity contribution in [2.24, 2.45) is 5.41 Å². The Balaban J connectivity index is 1.75. The molecular weight excluding hydrogens is 218 g/mol. The highest BCUT2D eigenvalue weighted by atomic mass is 16.3. The van der Waals surface area contributed by atoms with Gasteiger partial charge in [-0.25, -0.2) is 0 Å². The van der Waals surface area contributed by atoms with Crippen molar-refractivity contribution in [1.82, 2.24) is 5.32 Å². The second-order valence-corrected chi connectivity index (χ2v) is 4.54. The number of hydrogen-bond acceptors (Lipinski definition) is 3. The normalized spacial score (nSPS) is 17.2. The minimum Gasteiger partial charge on any atom is -0.465 e. The fourth-order valence-electron chi connectivity index (χ4n) is 1.81. The maximum Gasteiger partial charge on any atom is 0.244 e. The maximum absolute atomic E-state index is 11.5. The lowest BCUT2D eigenvalue weighted by Gasteiger charge is -2.13. The molecule has 1 aromatic heterocycles. The number of aliphatic hydroxyl groups excluding tert-OH is 1. The molecule has 1 amide bonds. The number of hydrogen-bond donors (Lipinski definition) is 2. The van der Waals surface area contributed by atoms with Gasteiger partial charge in [-0.05, 0) is 42.9 Å². The first-order valence-corrected chi connectivity index (χ1v) is 5.84. The van der Waals surface area contributed by atoms with Gasteiger partial charge in [0.05, 0.1) is 6.26 Å². The fraction of sp³-hybridized carbons (Fsp3) is 0.462. The third kappa shape index (κ3) is 3.46. The van der Waals surface area contributed by atoms with Crippen LogP contribution in [0.3, 0.4) is 0 Å². The van der Waals surface area contributed by atoms with Gasteiger partial charge < -0.3 is 14.8 Å². The first-order valence-electron chi connectivity index (χ1n) is 5.84. The van der Waals surface area contributed by atoms with Crippen molar-refractivity contribution in [1.29, 1.82) is 0 Å². The first-order chi connectivity index (χ1) is 8.24. The van der Waals surface area contributed by atoms with Crippen LogP contribution in [0, 0.1) is 5.41 Å². The Bertz CT molecular complexity index is 391. The molecule has 0 bridgehead atoms. The summed E-state index contributed by atoms with van der Waals surface area (Å²) in [5.41, 5.74) is 0.156. The van der Waals surface area contributed by atoms with Gasteiger partial charge >= 0.3 is 0 Å². The fourth-order valence-corrected chi connectivity index (χ4v) is 1.81. The SMILES string of the molecule is O=C(/C=C/c1ccco1)NCC1(CCO)CC1. The summed E-state index contributed by atoms with van der Waals surface area (Å²) < 4.78 is 5.08. The van der Waals surface area contributed by atoms with Crippen molar-refractivity contribution >= 4 is 12.0 Å². The van der Waals surface area contributed by atoms with Gasteiger partial charge in [-0.2, -0.15) is 0 Å². The number of amides is 1. The number of carbonyl (C=O) groups excluding carboxylic acids is 1. The molecular formula is C13H17NO3. The molecule has 0 spiro atoms. The lowest BCUT2D eigenvalue weighted by Crippen LogP contribution is -2.29. The van der Waals surface area contributed by atoms with Gasteiger partial charge in [-0.1, -0.05) is 0 Å². The molecule has 1 aromatic rings. The minimum absolute atomic E-state index is 0.120. The van der Waals surface area contributed by atoms with Crippen LogP contribution in [0.5, 0.6) is 0 Å². The van der Waals surface area contributed by atoms with Crippen LogP contribution >= 0.6 is 0 Å². The molecule has 1 fully saturated rings. The Labute approximate surface area is 100 Å². The molecule has 1 aliphatic rings. The number of nitrogens with one attached hydrogen (secondary N) is 1. The van der Waals surface area contributed by atoms with E-state index in [0.29, 0.717) is 12.3 Å². The Kier molecular flexibility index (Phi) is 3.64. The van der Waals surface area contributed by atoms with Crippen LogP contribution in [0.1, 0.15) is 25.0 Å².